The van der Waals surface area contributed by atoms with Crippen LogP contribution < -0.4 is 5.14 Å². The van der Waals surface area contributed by atoms with Crippen LogP contribution in [-0.4, -0.2) is 23.2 Å². The number of nitrogens with zero attached hydrogens (tertiary/aromatic N) is 3. The van der Waals surface area contributed by atoms with Crippen molar-refractivity contribution in [2.75, 3.05) is 0 Å². The lowest BCUT2D eigenvalue weighted by Gasteiger charge is -1.99. The van der Waals surface area contributed by atoms with Crippen molar-refractivity contribution in [1.82, 2.24) is 14.8 Å². The first-order valence-corrected chi connectivity index (χ1v) is 6.82. The van der Waals surface area contributed by atoms with E-state index < -0.39 is 10.0 Å². The van der Waals surface area contributed by atoms with Gasteiger partial charge in [-0.05, 0) is 13.8 Å². The van der Waals surface area contributed by atoms with E-state index in [4.69, 9.17) is 5.14 Å². The van der Waals surface area contributed by atoms with Crippen LogP contribution in [-0.2, 0) is 10.0 Å². The van der Waals surface area contributed by atoms with Gasteiger partial charge in [-0.1, -0.05) is 0 Å². The van der Waals surface area contributed by atoms with Crippen LogP contribution in [0.4, 0.5) is 0 Å². The van der Waals surface area contributed by atoms with E-state index in [2.05, 4.69) is 10.1 Å². The molecule has 0 aliphatic rings. The van der Waals surface area contributed by atoms with E-state index in [1.165, 1.54) is 16.0 Å². The first kappa shape index (κ1) is 11.2. The van der Waals surface area contributed by atoms with E-state index in [1.807, 2.05) is 0 Å². The summed E-state index contributed by atoms with van der Waals surface area (Å²) in [7, 11) is -3.74. The number of sulfonamides is 1. The van der Waals surface area contributed by atoms with Crippen LogP contribution in [0.5, 0.6) is 0 Å². The number of hydrogen-bond donors (Lipinski definition) is 1. The Morgan fingerprint density at radius 3 is 2.56 bits per heavy atom. The van der Waals surface area contributed by atoms with Crippen molar-refractivity contribution in [3.63, 3.8) is 0 Å². The number of aromatic nitrogens is 3. The highest BCUT2D eigenvalue weighted by Crippen LogP contribution is 2.21. The van der Waals surface area contributed by atoms with E-state index in [0.717, 1.165) is 0 Å². The molecule has 0 saturated heterocycles. The molecule has 2 aromatic heterocycles. The Kier molecular flexibility index (Phi) is 2.56. The van der Waals surface area contributed by atoms with Gasteiger partial charge in [-0.3, -0.25) is 0 Å². The van der Waals surface area contributed by atoms with E-state index in [0.29, 0.717) is 16.5 Å². The Morgan fingerprint density at radius 1 is 1.44 bits per heavy atom. The summed E-state index contributed by atoms with van der Waals surface area (Å²) in [4.78, 5) is 4.14. The summed E-state index contributed by atoms with van der Waals surface area (Å²) >= 11 is 1.38. The minimum absolute atomic E-state index is 0.0719. The molecule has 16 heavy (non-hydrogen) atoms. The Bertz CT molecular complexity index is 613. The molecule has 0 spiro atoms. The summed E-state index contributed by atoms with van der Waals surface area (Å²) in [5.74, 6) is 0. The lowest BCUT2D eigenvalue weighted by Crippen LogP contribution is -2.14. The lowest BCUT2D eigenvalue weighted by atomic mass is 10.4. The molecule has 8 heteroatoms. The second-order valence-corrected chi connectivity index (χ2v) is 5.64. The van der Waals surface area contributed by atoms with Gasteiger partial charge in [0.1, 0.15) is 4.90 Å². The average molecular weight is 258 g/mol. The molecule has 2 rings (SSSR count). The van der Waals surface area contributed by atoms with Crippen LogP contribution in [0.1, 0.15) is 11.4 Å². The molecule has 0 aliphatic heterocycles. The van der Waals surface area contributed by atoms with Gasteiger partial charge in [0, 0.05) is 11.6 Å². The number of thiazole rings is 1. The molecule has 6 nitrogen and oxygen atoms in total. The summed E-state index contributed by atoms with van der Waals surface area (Å²) < 4.78 is 24.2. The fourth-order valence-electron chi connectivity index (χ4n) is 1.55. The van der Waals surface area contributed by atoms with Crippen LogP contribution in [0, 0.1) is 13.8 Å². The van der Waals surface area contributed by atoms with Crippen molar-refractivity contribution in [3.8, 4) is 5.13 Å². The zero-order chi connectivity index (χ0) is 11.9. The third-order valence-electron chi connectivity index (χ3n) is 2.11. The fourth-order valence-corrected chi connectivity index (χ4v) is 3.14. The SMILES string of the molecule is Cc1nn(-c2nccs2)c(C)c1S(N)(=O)=O. The van der Waals surface area contributed by atoms with Crippen LogP contribution in [0.15, 0.2) is 16.5 Å². The second-order valence-electron chi connectivity index (χ2n) is 3.27. The Hall–Kier alpha value is -1.25. The molecule has 0 aromatic carbocycles. The minimum Gasteiger partial charge on any atom is -0.227 e. The smallest absolute Gasteiger partial charge is 0.227 e. The predicted octanol–water partition coefficient (Wildman–Crippen LogP) is 0.593. The Balaban J connectivity index is 2.70. The molecular weight excluding hydrogens is 248 g/mol. The zero-order valence-electron chi connectivity index (χ0n) is 8.71. The standard InChI is InChI=1S/C8H10N4O2S2/c1-5-7(16(9,13)14)6(2)12(11-5)8-10-3-4-15-8/h3-4H,1-2H3,(H2,9,13,14). The molecule has 0 bridgehead atoms. The van der Waals surface area contributed by atoms with E-state index in [9.17, 15) is 8.42 Å². The maximum absolute atomic E-state index is 11.4. The minimum atomic E-state index is -3.74. The number of primary sulfonamides is 1. The highest BCUT2D eigenvalue weighted by Gasteiger charge is 2.22. The quantitative estimate of drug-likeness (QED) is 0.853. The van der Waals surface area contributed by atoms with E-state index in [1.54, 1.807) is 25.4 Å². The number of hydrogen-bond acceptors (Lipinski definition) is 5. The van der Waals surface area contributed by atoms with Crippen molar-refractivity contribution in [2.24, 2.45) is 5.14 Å². The molecule has 86 valence electrons. The molecule has 2 heterocycles. The van der Waals surface area contributed by atoms with Crippen molar-refractivity contribution < 1.29 is 8.42 Å². The second kappa shape index (κ2) is 3.65. The van der Waals surface area contributed by atoms with Crippen LogP contribution in [0.2, 0.25) is 0 Å². The molecule has 0 saturated carbocycles. The van der Waals surface area contributed by atoms with Gasteiger partial charge in [-0.25, -0.2) is 23.2 Å². The third kappa shape index (κ3) is 1.75. The lowest BCUT2D eigenvalue weighted by molar-refractivity contribution is 0.596. The number of rotatable bonds is 2. The summed E-state index contributed by atoms with van der Waals surface area (Å²) in [6.45, 7) is 3.26. The van der Waals surface area contributed by atoms with Gasteiger partial charge in [0.05, 0.1) is 11.4 Å². The zero-order valence-corrected chi connectivity index (χ0v) is 10.3. The van der Waals surface area contributed by atoms with Gasteiger partial charge in [-0.2, -0.15) is 5.10 Å². The fraction of sp³-hybridized carbons (Fsp3) is 0.250. The summed E-state index contributed by atoms with van der Waals surface area (Å²) in [5.41, 5.74) is 0.866. The molecule has 2 aromatic rings. The molecule has 0 aliphatic carbocycles. The first-order valence-electron chi connectivity index (χ1n) is 4.40. The molecular formula is C8H10N4O2S2. The largest absolute Gasteiger partial charge is 0.241 e. The number of nitrogens with two attached hydrogens (primary N) is 1. The summed E-state index contributed by atoms with van der Waals surface area (Å²) in [6, 6.07) is 0. The van der Waals surface area contributed by atoms with Gasteiger partial charge >= 0.3 is 0 Å². The van der Waals surface area contributed by atoms with Gasteiger partial charge < -0.3 is 0 Å². The maximum atomic E-state index is 11.4. The molecule has 0 atom stereocenters. The number of aryl methyl sites for hydroxylation is 1. The normalized spacial score (nSPS) is 11.9. The first-order chi connectivity index (χ1) is 7.41. The monoisotopic (exact) mass is 258 g/mol. The Morgan fingerprint density at radius 2 is 2.12 bits per heavy atom. The maximum Gasteiger partial charge on any atom is 0.241 e. The van der Waals surface area contributed by atoms with Gasteiger partial charge in [0.25, 0.3) is 0 Å². The highest BCUT2D eigenvalue weighted by atomic mass is 32.2. The average Bonchev–Trinajstić information content (AvgIpc) is 2.71. The summed E-state index contributed by atoms with van der Waals surface area (Å²) in [5, 5.41) is 11.7. The molecule has 0 fully saturated rings. The Labute approximate surface area is 96.8 Å². The van der Waals surface area contributed by atoms with Gasteiger partial charge in [-0.15, -0.1) is 11.3 Å². The summed E-state index contributed by atoms with van der Waals surface area (Å²) in [6.07, 6.45) is 1.63. The topological polar surface area (TPSA) is 90.9 Å². The molecule has 0 unspecified atom stereocenters. The molecule has 0 amide bonds. The van der Waals surface area contributed by atoms with Gasteiger partial charge in [0.2, 0.25) is 15.2 Å². The van der Waals surface area contributed by atoms with Crippen molar-refractivity contribution >= 4 is 21.4 Å². The van der Waals surface area contributed by atoms with Crippen molar-refractivity contribution in [1.29, 1.82) is 0 Å². The van der Waals surface area contributed by atoms with E-state index >= 15 is 0 Å². The molecule has 0 radical (unpaired) electrons. The van der Waals surface area contributed by atoms with Crippen LogP contribution >= 0.6 is 11.3 Å². The molecule has 2 N–H and O–H groups in total. The highest BCUT2D eigenvalue weighted by molar-refractivity contribution is 7.89. The van der Waals surface area contributed by atoms with Crippen molar-refractivity contribution in [3.05, 3.63) is 23.0 Å². The van der Waals surface area contributed by atoms with Gasteiger partial charge in [0.15, 0.2) is 0 Å². The third-order valence-corrected chi connectivity index (χ3v) is 4.02. The van der Waals surface area contributed by atoms with E-state index in [-0.39, 0.29) is 4.90 Å². The van der Waals surface area contributed by atoms with Crippen LogP contribution in [0.3, 0.4) is 0 Å². The predicted molar refractivity (Wildman–Crippen MR) is 60.1 cm³/mol. The van der Waals surface area contributed by atoms with Crippen LogP contribution in [0.25, 0.3) is 5.13 Å². The van der Waals surface area contributed by atoms with Crippen molar-refractivity contribution in [2.45, 2.75) is 18.7 Å².